The summed E-state index contributed by atoms with van der Waals surface area (Å²) in [6.07, 6.45) is 3.12. The number of anilines is 2. The van der Waals surface area contributed by atoms with Gasteiger partial charge >= 0.3 is 0 Å². The molecule has 0 unspecified atom stereocenters. The van der Waals surface area contributed by atoms with Gasteiger partial charge in [0.2, 0.25) is 15.9 Å². The van der Waals surface area contributed by atoms with Gasteiger partial charge in [-0.1, -0.05) is 12.1 Å². The third-order valence-corrected chi connectivity index (χ3v) is 7.37. The maximum Gasteiger partial charge on any atom is 0.241 e. The lowest BCUT2D eigenvalue weighted by molar-refractivity contribution is -0.116. The van der Waals surface area contributed by atoms with Gasteiger partial charge in [0.05, 0.1) is 4.90 Å². The third-order valence-electron chi connectivity index (χ3n) is 5.83. The monoisotopic (exact) mass is 413 g/mol. The first kappa shape index (κ1) is 19.9. The van der Waals surface area contributed by atoms with Crippen LogP contribution in [0.1, 0.15) is 43.9 Å². The fraction of sp³-hybridized carbons (Fsp3) is 0.409. The van der Waals surface area contributed by atoms with Gasteiger partial charge in [0, 0.05) is 44.0 Å². The maximum absolute atomic E-state index is 12.9. The van der Waals surface area contributed by atoms with Crippen molar-refractivity contribution >= 4 is 27.3 Å². The molecule has 0 radical (unpaired) electrons. The van der Waals surface area contributed by atoms with E-state index in [2.05, 4.69) is 21.8 Å². The number of nitrogens with one attached hydrogen (secondary N) is 1. The third kappa shape index (κ3) is 4.02. The standard InChI is InChI=1S/C22H27N3O3S/c1-16(18-5-7-20(8-6-18)24-12-3-4-13-24)23-29(27,28)21-9-10-22-19(15-21)11-14-25(22)17(2)26/h5-10,15-16,23H,3-4,11-14H2,1-2H3/t16-/m0/s1. The Balaban J connectivity index is 1.49. The first-order chi connectivity index (χ1) is 13.8. The number of amides is 1. The van der Waals surface area contributed by atoms with Gasteiger partial charge in [0.1, 0.15) is 0 Å². The number of benzene rings is 2. The molecule has 1 amide bonds. The molecule has 2 aromatic carbocycles. The average molecular weight is 414 g/mol. The van der Waals surface area contributed by atoms with Crippen LogP contribution in [0.5, 0.6) is 0 Å². The van der Waals surface area contributed by atoms with E-state index in [1.165, 1.54) is 25.5 Å². The van der Waals surface area contributed by atoms with Gasteiger partial charge in [-0.05, 0) is 67.6 Å². The number of carbonyl (C=O) groups is 1. The van der Waals surface area contributed by atoms with E-state index in [9.17, 15) is 13.2 Å². The summed E-state index contributed by atoms with van der Waals surface area (Å²) in [4.78, 5) is 16.0. The highest BCUT2D eigenvalue weighted by Crippen LogP contribution is 2.31. The number of fused-ring (bicyclic) bond motifs is 1. The van der Waals surface area contributed by atoms with Crippen molar-refractivity contribution in [1.29, 1.82) is 0 Å². The van der Waals surface area contributed by atoms with Gasteiger partial charge in [-0.3, -0.25) is 4.79 Å². The molecule has 0 spiro atoms. The Kier molecular flexibility index (Phi) is 5.36. The first-order valence-electron chi connectivity index (χ1n) is 10.1. The van der Waals surface area contributed by atoms with E-state index in [0.717, 1.165) is 29.9 Å². The molecule has 0 bridgehead atoms. The number of sulfonamides is 1. The normalized spacial score (nSPS) is 17.4. The summed E-state index contributed by atoms with van der Waals surface area (Å²) in [6, 6.07) is 12.8. The van der Waals surface area contributed by atoms with Crippen molar-refractivity contribution in [3.8, 4) is 0 Å². The molecule has 0 aliphatic carbocycles. The molecular weight excluding hydrogens is 386 g/mol. The van der Waals surface area contributed by atoms with Crippen molar-refractivity contribution in [1.82, 2.24) is 4.72 Å². The minimum absolute atomic E-state index is 0.0246. The van der Waals surface area contributed by atoms with Crippen LogP contribution >= 0.6 is 0 Å². The molecule has 29 heavy (non-hydrogen) atoms. The van der Waals surface area contributed by atoms with Crippen LogP contribution in [-0.2, 0) is 21.2 Å². The van der Waals surface area contributed by atoms with E-state index < -0.39 is 10.0 Å². The van der Waals surface area contributed by atoms with Crippen LogP contribution in [0.2, 0.25) is 0 Å². The molecule has 1 fully saturated rings. The Hall–Kier alpha value is -2.38. The van der Waals surface area contributed by atoms with Crippen LogP contribution in [0.25, 0.3) is 0 Å². The van der Waals surface area contributed by atoms with E-state index in [1.807, 2.05) is 19.1 Å². The maximum atomic E-state index is 12.9. The van der Waals surface area contributed by atoms with E-state index in [0.29, 0.717) is 13.0 Å². The number of hydrogen-bond acceptors (Lipinski definition) is 4. The van der Waals surface area contributed by atoms with Gasteiger partial charge in [0.15, 0.2) is 0 Å². The number of carbonyl (C=O) groups excluding carboxylic acids is 1. The molecule has 2 aliphatic rings. The molecule has 4 rings (SSSR count). The highest BCUT2D eigenvalue weighted by molar-refractivity contribution is 7.89. The summed E-state index contributed by atoms with van der Waals surface area (Å²) >= 11 is 0. The van der Waals surface area contributed by atoms with Gasteiger partial charge in [-0.15, -0.1) is 0 Å². The molecule has 7 heteroatoms. The zero-order chi connectivity index (χ0) is 20.6. The topological polar surface area (TPSA) is 69.7 Å². The highest BCUT2D eigenvalue weighted by Gasteiger charge is 2.25. The highest BCUT2D eigenvalue weighted by atomic mass is 32.2. The molecule has 0 saturated carbocycles. The largest absolute Gasteiger partial charge is 0.372 e. The minimum Gasteiger partial charge on any atom is -0.372 e. The summed E-state index contributed by atoms with van der Waals surface area (Å²) in [6.45, 7) is 6.15. The second-order valence-electron chi connectivity index (χ2n) is 7.84. The lowest BCUT2D eigenvalue weighted by Gasteiger charge is -2.20. The molecule has 0 aromatic heterocycles. The summed E-state index contributed by atoms with van der Waals surface area (Å²) < 4.78 is 28.6. The van der Waals surface area contributed by atoms with Gasteiger partial charge in [0.25, 0.3) is 0 Å². The van der Waals surface area contributed by atoms with Crippen molar-refractivity contribution in [2.75, 3.05) is 29.4 Å². The summed E-state index contributed by atoms with van der Waals surface area (Å²) in [5.74, 6) is -0.0246. The van der Waals surface area contributed by atoms with Crippen molar-refractivity contribution in [2.45, 2.75) is 44.0 Å². The van der Waals surface area contributed by atoms with Crippen LogP contribution < -0.4 is 14.5 Å². The second kappa shape index (κ2) is 7.80. The molecule has 2 heterocycles. The fourth-order valence-corrected chi connectivity index (χ4v) is 5.47. The lowest BCUT2D eigenvalue weighted by atomic mass is 10.1. The molecule has 2 aliphatic heterocycles. The molecule has 154 valence electrons. The molecule has 1 N–H and O–H groups in total. The predicted octanol–water partition coefficient (Wildman–Crippen LogP) is 3.24. The summed E-state index contributed by atoms with van der Waals surface area (Å²) in [7, 11) is -3.66. The van der Waals surface area contributed by atoms with Crippen LogP contribution in [0, 0.1) is 0 Å². The van der Waals surface area contributed by atoms with Crippen molar-refractivity contribution < 1.29 is 13.2 Å². The van der Waals surface area contributed by atoms with E-state index in [1.54, 1.807) is 23.1 Å². The van der Waals surface area contributed by atoms with E-state index >= 15 is 0 Å². The zero-order valence-corrected chi connectivity index (χ0v) is 17.7. The SMILES string of the molecule is CC(=O)N1CCc2cc(S(=O)(=O)N[C@@H](C)c3ccc(N4CCCC4)cc3)ccc21. The molecule has 1 atom stereocenters. The Morgan fingerprint density at radius 1 is 1.03 bits per heavy atom. The predicted molar refractivity (Wildman–Crippen MR) is 115 cm³/mol. The minimum atomic E-state index is -3.66. The zero-order valence-electron chi connectivity index (χ0n) is 16.9. The average Bonchev–Trinajstić information content (AvgIpc) is 3.37. The second-order valence-corrected chi connectivity index (χ2v) is 9.55. The number of hydrogen-bond donors (Lipinski definition) is 1. The summed E-state index contributed by atoms with van der Waals surface area (Å²) in [5.41, 5.74) is 3.82. The van der Waals surface area contributed by atoms with Crippen molar-refractivity contribution in [2.24, 2.45) is 0 Å². The summed E-state index contributed by atoms with van der Waals surface area (Å²) in [5, 5.41) is 0. The first-order valence-corrected chi connectivity index (χ1v) is 11.6. The molecule has 6 nitrogen and oxygen atoms in total. The molecule has 2 aromatic rings. The van der Waals surface area contributed by atoms with Crippen LogP contribution in [0.4, 0.5) is 11.4 Å². The Morgan fingerprint density at radius 2 is 1.72 bits per heavy atom. The van der Waals surface area contributed by atoms with E-state index in [-0.39, 0.29) is 16.8 Å². The molecular formula is C22H27N3O3S. The smallest absolute Gasteiger partial charge is 0.241 e. The lowest BCUT2D eigenvalue weighted by Crippen LogP contribution is -2.27. The Morgan fingerprint density at radius 3 is 2.38 bits per heavy atom. The number of rotatable bonds is 5. The number of nitrogens with zero attached hydrogens (tertiary/aromatic N) is 2. The van der Waals surface area contributed by atoms with Crippen molar-refractivity contribution in [3.05, 3.63) is 53.6 Å². The van der Waals surface area contributed by atoms with Crippen molar-refractivity contribution in [3.63, 3.8) is 0 Å². The van der Waals surface area contributed by atoms with Crippen LogP contribution in [0.15, 0.2) is 47.4 Å². The molecule has 1 saturated heterocycles. The fourth-order valence-electron chi connectivity index (χ4n) is 4.19. The van der Waals surface area contributed by atoms with E-state index in [4.69, 9.17) is 0 Å². The Bertz CT molecular complexity index is 1010. The van der Waals surface area contributed by atoms with Gasteiger partial charge in [-0.25, -0.2) is 13.1 Å². The quantitative estimate of drug-likeness (QED) is 0.817. The van der Waals surface area contributed by atoms with Gasteiger partial charge in [-0.2, -0.15) is 0 Å². The van der Waals surface area contributed by atoms with Gasteiger partial charge < -0.3 is 9.80 Å². The van der Waals surface area contributed by atoms with Crippen LogP contribution in [-0.4, -0.2) is 34.0 Å². The Labute approximate surface area is 172 Å². The van der Waals surface area contributed by atoms with Crippen LogP contribution in [0.3, 0.4) is 0 Å².